The zero-order valence-electron chi connectivity index (χ0n) is 11.7. The lowest BCUT2D eigenvalue weighted by Gasteiger charge is -2.38. The Morgan fingerprint density at radius 2 is 2.10 bits per heavy atom. The van der Waals surface area contributed by atoms with E-state index >= 15 is 0 Å². The molecule has 0 aliphatic carbocycles. The first-order valence-corrected chi connectivity index (χ1v) is 6.48. The summed E-state index contributed by atoms with van der Waals surface area (Å²) in [6.07, 6.45) is -4.40. The molecule has 2 aliphatic rings. The number of nitrogens with one attached hydrogen (secondary N) is 1. The third-order valence-corrected chi connectivity index (χ3v) is 4.28. The van der Waals surface area contributed by atoms with Crippen LogP contribution in [0.3, 0.4) is 0 Å². The molecule has 0 spiro atoms. The molecule has 1 aromatic carbocycles. The number of hydrogen-bond acceptors (Lipinski definition) is 3. The van der Waals surface area contributed by atoms with Crippen molar-refractivity contribution in [2.45, 2.75) is 31.2 Å². The highest BCUT2D eigenvalue weighted by Gasteiger charge is 2.47. The largest absolute Gasteiger partial charge is 0.497 e. The van der Waals surface area contributed by atoms with Crippen LogP contribution in [-0.4, -0.2) is 25.8 Å². The number of hydrogen-bond donors (Lipinski definition) is 1. The van der Waals surface area contributed by atoms with E-state index in [1.165, 1.54) is 7.11 Å². The summed E-state index contributed by atoms with van der Waals surface area (Å²) >= 11 is 0. The maximum absolute atomic E-state index is 13.2. The van der Waals surface area contributed by atoms with Crippen LogP contribution in [0.5, 0.6) is 5.75 Å². The lowest BCUT2D eigenvalue weighted by atomic mass is 9.80. The van der Waals surface area contributed by atoms with Crippen LogP contribution in [0.1, 0.15) is 29.5 Å². The molecule has 3 nitrogen and oxygen atoms in total. The van der Waals surface area contributed by atoms with E-state index in [2.05, 4.69) is 5.32 Å². The number of rotatable bonds is 1. The predicted octanol–water partition coefficient (Wildman–Crippen LogP) is 3.11. The van der Waals surface area contributed by atoms with Crippen LogP contribution in [0, 0.1) is 0 Å². The van der Waals surface area contributed by atoms with E-state index in [0.29, 0.717) is 18.7 Å². The Balaban J connectivity index is 0.00000161. The van der Waals surface area contributed by atoms with Crippen molar-refractivity contribution >= 4 is 12.4 Å². The number of fused-ring (bicyclic) bond motifs is 3. The van der Waals surface area contributed by atoms with Crippen LogP contribution in [0.4, 0.5) is 13.2 Å². The molecule has 3 rings (SSSR count). The van der Waals surface area contributed by atoms with Crippen molar-refractivity contribution in [2.75, 3.05) is 20.2 Å². The Morgan fingerprint density at radius 1 is 1.38 bits per heavy atom. The lowest BCUT2D eigenvalue weighted by molar-refractivity contribution is -0.141. The van der Waals surface area contributed by atoms with Crippen molar-refractivity contribution < 1.29 is 22.6 Å². The van der Waals surface area contributed by atoms with Gasteiger partial charge in [0.15, 0.2) is 0 Å². The van der Waals surface area contributed by atoms with Crippen molar-refractivity contribution in [3.8, 4) is 5.75 Å². The second-order valence-electron chi connectivity index (χ2n) is 5.53. The van der Waals surface area contributed by atoms with Gasteiger partial charge in [-0.1, -0.05) is 0 Å². The second kappa shape index (κ2) is 5.34. The van der Waals surface area contributed by atoms with Gasteiger partial charge in [0.25, 0.3) is 0 Å². The van der Waals surface area contributed by atoms with Crippen molar-refractivity contribution in [1.29, 1.82) is 0 Å². The third-order valence-electron chi connectivity index (χ3n) is 4.28. The molecule has 0 bridgehead atoms. The van der Waals surface area contributed by atoms with Gasteiger partial charge < -0.3 is 14.8 Å². The molecule has 2 aliphatic heterocycles. The second-order valence-corrected chi connectivity index (χ2v) is 5.53. The summed E-state index contributed by atoms with van der Waals surface area (Å²) in [4.78, 5) is 0. The van der Waals surface area contributed by atoms with Crippen LogP contribution < -0.4 is 10.1 Å². The van der Waals surface area contributed by atoms with E-state index in [0.717, 1.165) is 6.07 Å². The first-order chi connectivity index (χ1) is 9.35. The van der Waals surface area contributed by atoms with E-state index in [1.807, 2.05) is 6.92 Å². The maximum atomic E-state index is 13.2. The van der Waals surface area contributed by atoms with Gasteiger partial charge in [0, 0.05) is 19.0 Å². The lowest BCUT2D eigenvalue weighted by Crippen LogP contribution is -2.40. The Labute approximate surface area is 127 Å². The Kier molecular flexibility index (Phi) is 4.17. The van der Waals surface area contributed by atoms with E-state index in [9.17, 15) is 13.2 Å². The van der Waals surface area contributed by atoms with Crippen molar-refractivity contribution in [2.24, 2.45) is 0 Å². The molecular formula is C14H17ClF3NO2. The minimum Gasteiger partial charge on any atom is -0.497 e. The summed E-state index contributed by atoms with van der Waals surface area (Å²) in [5.41, 5.74) is -0.164. The van der Waals surface area contributed by atoms with Gasteiger partial charge in [-0.3, -0.25) is 0 Å². The van der Waals surface area contributed by atoms with Crippen molar-refractivity contribution in [3.05, 3.63) is 28.8 Å². The first kappa shape index (κ1) is 16.4. The Morgan fingerprint density at radius 3 is 2.71 bits per heavy atom. The molecule has 1 fully saturated rings. The fourth-order valence-electron chi connectivity index (χ4n) is 3.14. The summed E-state index contributed by atoms with van der Waals surface area (Å²) in [5.74, 6) is 0.162. The van der Waals surface area contributed by atoms with Gasteiger partial charge in [0.2, 0.25) is 0 Å². The highest BCUT2D eigenvalue weighted by molar-refractivity contribution is 5.85. The fraction of sp³-hybridized carbons (Fsp3) is 0.571. The molecule has 1 saturated heterocycles. The zero-order chi connectivity index (χ0) is 14.5. The molecule has 0 amide bonds. The molecule has 2 atom stereocenters. The summed E-state index contributed by atoms with van der Waals surface area (Å²) in [6, 6.07) is 2.76. The normalized spacial score (nSPS) is 27.6. The highest BCUT2D eigenvalue weighted by Crippen LogP contribution is 2.46. The number of halogens is 4. The third kappa shape index (κ3) is 2.60. The quantitative estimate of drug-likeness (QED) is 0.861. The van der Waals surface area contributed by atoms with Crippen LogP contribution in [0.2, 0.25) is 0 Å². The SMILES string of the molecule is COc1cc2c(c(C(F)(F)F)c1)CO[C@@]1(C)CNC[C@@H]21.Cl. The van der Waals surface area contributed by atoms with E-state index in [4.69, 9.17) is 9.47 Å². The van der Waals surface area contributed by atoms with Gasteiger partial charge in [0.05, 0.1) is 24.9 Å². The summed E-state index contributed by atoms with van der Waals surface area (Å²) < 4.78 is 50.4. The van der Waals surface area contributed by atoms with Crippen LogP contribution in [-0.2, 0) is 17.5 Å². The van der Waals surface area contributed by atoms with Crippen LogP contribution >= 0.6 is 12.4 Å². The van der Waals surface area contributed by atoms with Crippen LogP contribution in [0.15, 0.2) is 12.1 Å². The number of methoxy groups -OCH3 is 1. The molecule has 118 valence electrons. The first-order valence-electron chi connectivity index (χ1n) is 6.48. The molecule has 0 radical (unpaired) electrons. The van der Waals surface area contributed by atoms with Gasteiger partial charge in [-0.05, 0) is 30.2 Å². The molecule has 0 saturated carbocycles. The van der Waals surface area contributed by atoms with E-state index in [1.54, 1.807) is 6.07 Å². The topological polar surface area (TPSA) is 30.5 Å². The summed E-state index contributed by atoms with van der Waals surface area (Å²) in [6.45, 7) is 3.19. The minimum atomic E-state index is -4.40. The van der Waals surface area contributed by atoms with Crippen LogP contribution in [0.25, 0.3) is 0 Å². The van der Waals surface area contributed by atoms with Crippen molar-refractivity contribution in [3.63, 3.8) is 0 Å². The molecule has 1 aromatic rings. The average Bonchev–Trinajstić information content (AvgIpc) is 2.78. The molecule has 0 aromatic heterocycles. The molecular weight excluding hydrogens is 307 g/mol. The van der Waals surface area contributed by atoms with E-state index < -0.39 is 17.3 Å². The van der Waals surface area contributed by atoms with Gasteiger partial charge in [0.1, 0.15) is 5.75 Å². The molecule has 0 unspecified atom stereocenters. The van der Waals surface area contributed by atoms with Gasteiger partial charge >= 0.3 is 6.18 Å². The number of benzene rings is 1. The molecule has 7 heteroatoms. The van der Waals surface area contributed by atoms with Gasteiger partial charge in [-0.2, -0.15) is 13.2 Å². The van der Waals surface area contributed by atoms with E-state index in [-0.39, 0.29) is 36.2 Å². The molecule has 1 N–H and O–H groups in total. The molecule has 2 heterocycles. The number of alkyl halides is 3. The summed E-state index contributed by atoms with van der Waals surface area (Å²) in [7, 11) is 1.38. The average molecular weight is 324 g/mol. The highest BCUT2D eigenvalue weighted by atomic mass is 35.5. The Bertz CT molecular complexity index is 550. The minimum absolute atomic E-state index is 0. The standard InChI is InChI=1S/C14H16F3NO2.ClH/c1-13-7-18-5-12(13)9-3-8(19-2)4-11(14(15,16)17)10(9)6-20-13;/h3-4,12,18H,5-7H2,1-2H3;1H/t12-,13-;/m0./s1. The van der Waals surface area contributed by atoms with Gasteiger partial charge in [-0.15, -0.1) is 12.4 Å². The zero-order valence-corrected chi connectivity index (χ0v) is 12.5. The Hall–Kier alpha value is -0.980. The van der Waals surface area contributed by atoms with Gasteiger partial charge in [-0.25, -0.2) is 0 Å². The monoisotopic (exact) mass is 323 g/mol. The fourth-order valence-corrected chi connectivity index (χ4v) is 3.14. The summed E-state index contributed by atoms with van der Waals surface area (Å²) in [5, 5.41) is 3.19. The predicted molar refractivity (Wildman–Crippen MR) is 74.0 cm³/mol. The maximum Gasteiger partial charge on any atom is 0.416 e. The van der Waals surface area contributed by atoms with Crippen molar-refractivity contribution in [1.82, 2.24) is 5.32 Å². The molecule has 21 heavy (non-hydrogen) atoms. The number of ether oxygens (including phenoxy) is 2. The smallest absolute Gasteiger partial charge is 0.416 e.